The van der Waals surface area contributed by atoms with Crippen molar-refractivity contribution in [1.82, 2.24) is 10.6 Å². The lowest BCUT2D eigenvalue weighted by Gasteiger charge is -2.23. The third-order valence-electron chi connectivity index (χ3n) is 6.64. The second-order valence-electron chi connectivity index (χ2n) is 11.9. The monoisotopic (exact) mass is 650 g/mol. The molecule has 252 valence electrons. The maximum Gasteiger partial charge on any atom is 0.408 e. The van der Waals surface area contributed by atoms with Crippen LogP contribution >= 0.6 is 0 Å². The van der Waals surface area contributed by atoms with Gasteiger partial charge >= 0.3 is 18.0 Å². The molecule has 0 heterocycles. The number of esters is 2. The van der Waals surface area contributed by atoms with Crippen molar-refractivity contribution in [3.63, 3.8) is 0 Å². The first kappa shape index (κ1) is 36.5. The standard InChI is InChI=1S/C36H43FN2O8/c1-5-6-13-20-38-32(40)29(39-35(43)47-36(2,3)4)22-27-18-19-30(28(37)21-27)46-31(33(41)44-23-25-14-9-7-10-15-25)34(42)45-24-26-16-11-8-12-17-26/h7-12,14-19,21,29,31H,5-6,13,20,22-24H2,1-4H3,(H,38,40)(H,39,43). The van der Waals surface area contributed by atoms with E-state index in [1.165, 1.54) is 12.1 Å². The van der Waals surface area contributed by atoms with Gasteiger partial charge in [0.05, 0.1) is 0 Å². The van der Waals surface area contributed by atoms with E-state index in [0.717, 1.165) is 25.3 Å². The molecular weight excluding hydrogens is 607 g/mol. The predicted octanol–water partition coefficient (Wildman–Crippen LogP) is 5.80. The first-order chi connectivity index (χ1) is 22.4. The molecule has 0 spiro atoms. The lowest BCUT2D eigenvalue weighted by Crippen LogP contribution is -2.49. The third kappa shape index (κ3) is 13.1. The van der Waals surface area contributed by atoms with Gasteiger partial charge in [-0.25, -0.2) is 18.8 Å². The topological polar surface area (TPSA) is 129 Å². The lowest BCUT2D eigenvalue weighted by atomic mass is 10.0. The fourth-order valence-corrected chi connectivity index (χ4v) is 4.30. The van der Waals surface area contributed by atoms with Gasteiger partial charge in [-0.05, 0) is 56.0 Å². The molecule has 0 radical (unpaired) electrons. The zero-order valence-corrected chi connectivity index (χ0v) is 27.3. The van der Waals surface area contributed by atoms with Crippen LogP contribution in [0.25, 0.3) is 0 Å². The number of hydrogen-bond acceptors (Lipinski definition) is 8. The molecule has 3 rings (SSSR count). The van der Waals surface area contributed by atoms with E-state index in [-0.39, 0.29) is 19.6 Å². The molecule has 10 nitrogen and oxygen atoms in total. The number of rotatable bonds is 16. The Morgan fingerprint density at radius 2 is 1.36 bits per heavy atom. The van der Waals surface area contributed by atoms with Gasteiger partial charge in [-0.3, -0.25) is 4.79 Å². The van der Waals surface area contributed by atoms with E-state index in [4.69, 9.17) is 18.9 Å². The number of nitrogens with one attached hydrogen (secondary N) is 2. The second kappa shape index (κ2) is 18.3. The minimum Gasteiger partial charge on any atom is -0.464 e. The zero-order chi connectivity index (χ0) is 34.2. The van der Waals surface area contributed by atoms with Crippen molar-refractivity contribution >= 4 is 23.9 Å². The van der Waals surface area contributed by atoms with Crippen LogP contribution < -0.4 is 15.4 Å². The Hall–Kier alpha value is -4.93. The van der Waals surface area contributed by atoms with Crippen molar-refractivity contribution in [3.05, 3.63) is 101 Å². The number of halogens is 1. The Kier molecular flexibility index (Phi) is 14.2. The summed E-state index contributed by atoms with van der Waals surface area (Å²) in [5.74, 6) is -3.88. The van der Waals surface area contributed by atoms with E-state index >= 15 is 4.39 Å². The van der Waals surface area contributed by atoms with Gasteiger partial charge in [-0.1, -0.05) is 86.5 Å². The minimum absolute atomic E-state index is 0.0717. The molecule has 3 aromatic rings. The van der Waals surface area contributed by atoms with Gasteiger partial charge in [0.1, 0.15) is 24.9 Å². The lowest BCUT2D eigenvalue weighted by molar-refractivity contribution is -0.168. The Balaban J connectivity index is 1.76. The number of benzene rings is 3. The number of ether oxygens (including phenoxy) is 4. The summed E-state index contributed by atoms with van der Waals surface area (Å²) in [6.45, 7) is 7.27. The highest BCUT2D eigenvalue weighted by Crippen LogP contribution is 2.22. The molecule has 0 bridgehead atoms. The molecule has 0 saturated carbocycles. The fourth-order valence-electron chi connectivity index (χ4n) is 4.30. The second-order valence-corrected chi connectivity index (χ2v) is 11.9. The molecule has 0 saturated heterocycles. The van der Waals surface area contributed by atoms with Gasteiger partial charge in [0, 0.05) is 13.0 Å². The third-order valence-corrected chi connectivity index (χ3v) is 6.64. The average Bonchev–Trinajstić information content (AvgIpc) is 3.04. The summed E-state index contributed by atoms with van der Waals surface area (Å²) in [6.07, 6.45) is -0.115. The van der Waals surface area contributed by atoms with E-state index < -0.39 is 53.3 Å². The summed E-state index contributed by atoms with van der Waals surface area (Å²) in [5, 5.41) is 5.36. The number of carbonyl (C=O) groups excluding carboxylic acids is 4. The first-order valence-corrected chi connectivity index (χ1v) is 15.6. The maximum absolute atomic E-state index is 15.4. The predicted molar refractivity (Wildman–Crippen MR) is 173 cm³/mol. The van der Waals surface area contributed by atoms with E-state index in [1.807, 2.05) is 6.92 Å². The first-order valence-electron chi connectivity index (χ1n) is 15.6. The van der Waals surface area contributed by atoms with Crippen LogP contribution in [0.5, 0.6) is 5.75 Å². The van der Waals surface area contributed by atoms with Crippen molar-refractivity contribution < 1.29 is 42.5 Å². The van der Waals surface area contributed by atoms with E-state index in [0.29, 0.717) is 23.2 Å². The molecule has 2 N–H and O–H groups in total. The van der Waals surface area contributed by atoms with Crippen LogP contribution in [0.1, 0.15) is 63.6 Å². The van der Waals surface area contributed by atoms with Gasteiger partial charge in [0.25, 0.3) is 6.10 Å². The molecule has 0 fully saturated rings. The van der Waals surface area contributed by atoms with Crippen molar-refractivity contribution in [2.75, 3.05) is 6.54 Å². The highest BCUT2D eigenvalue weighted by molar-refractivity contribution is 5.98. The highest BCUT2D eigenvalue weighted by Gasteiger charge is 2.34. The number of amides is 2. The Bertz CT molecular complexity index is 1410. The van der Waals surface area contributed by atoms with E-state index in [1.54, 1.807) is 81.4 Å². The number of hydrogen-bond donors (Lipinski definition) is 2. The molecule has 1 unspecified atom stereocenters. The summed E-state index contributed by atoms with van der Waals surface area (Å²) in [4.78, 5) is 51.6. The minimum atomic E-state index is -1.92. The number of alkyl carbamates (subject to hydrolysis) is 1. The molecule has 47 heavy (non-hydrogen) atoms. The van der Waals surface area contributed by atoms with Crippen molar-refractivity contribution in [3.8, 4) is 5.75 Å². The van der Waals surface area contributed by atoms with Crippen LogP contribution in [0.3, 0.4) is 0 Å². The molecule has 3 aromatic carbocycles. The SMILES string of the molecule is CCCCCNC(=O)C(Cc1ccc(OC(C(=O)OCc2ccccc2)C(=O)OCc2ccccc2)c(F)c1)NC(=O)OC(C)(C)C. The van der Waals surface area contributed by atoms with Gasteiger partial charge in [0.2, 0.25) is 5.91 Å². The summed E-state index contributed by atoms with van der Waals surface area (Å²) >= 11 is 0. The van der Waals surface area contributed by atoms with Crippen LogP contribution in [0, 0.1) is 5.82 Å². The fraction of sp³-hybridized carbons (Fsp3) is 0.389. The van der Waals surface area contributed by atoms with E-state index in [2.05, 4.69) is 10.6 Å². The highest BCUT2D eigenvalue weighted by atomic mass is 19.1. The van der Waals surface area contributed by atoms with Crippen molar-refractivity contribution in [2.24, 2.45) is 0 Å². The molecule has 0 aromatic heterocycles. The summed E-state index contributed by atoms with van der Waals surface area (Å²) in [6, 6.07) is 20.4. The largest absolute Gasteiger partial charge is 0.464 e. The Morgan fingerprint density at radius 1 is 0.787 bits per heavy atom. The summed E-state index contributed by atoms with van der Waals surface area (Å²) in [7, 11) is 0. The molecule has 1 atom stereocenters. The molecule has 2 amide bonds. The van der Waals surface area contributed by atoms with Gasteiger partial charge in [-0.15, -0.1) is 0 Å². The Morgan fingerprint density at radius 3 is 1.87 bits per heavy atom. The van der Waals surface area contributed by atoms with Crippen LogP contribution in [-0.4, -0.2) is 48.2 Å². The zero-order valence-electron chi connectivity index (χ0n) is 27.3. The van der Waals surface area contributed by atoms with Gasteiger partial charge in [-0.2, -0.15) is 0 Å². The molecule has 0 aliphatic carbocycles. The quantitative estimate of drug-likeness (QED) is 0.0862. The van der Waals surface area contributed by atoms with Crippen LogP contribution in [0.15, 0.2) is 78.9 Å². The summed E-state index contributed by atoms with van der Waals surface area (Å²) in [5.41, 5.74) is 0.904. The molecule has 11 heteroatoms. The smallest absolute Gasteiger partial charge is 0.408 e. The number of unbranched alkanes of at least 4 members (excludes halogenated alkanes) is 2. The van der Waals surface area contributed by atoms with Crippen molar-refractivity contribution in [1.29, 1.82) is 0 Å². The maximum atomic E-state index is 15.4. The Labute approximate surface area is 274 Å². The van der Waals surface area contributed by atoms with Gasteiger partial charge < -0.3 is 29.6 Å². The van der Waals surface area contributed by atoms with Gasteiger partial charge in [0.15, 0.2) is 11.6 Å². The van der Waals surface area contributed by atoms with Crippen LogP contribution in [0.2, 0.25) is 0 Å². The average molecular weight is 651 g/mol. The summed E-state index contributed by atoms with van der Waals surface area (Å²) < 4.78 is 36.9. The molecule has 0 aliphatic rings. The van der Waals surface area contributed by atoms with Crippen LogP contribution in [-0.2, 0) is 48.2 Å². The van der Waals surface area contributed by atoms with Crippen molar-refractivity contribution in [2.45, 2.75) is 84.3 Å². The molecular formula is C36H43FN2O8. The normalized spacial score (nSPS) is 11.7. The van der Waals surface area contributed by atoms with E-state index in [9.17, 15) is 19.2 Å². The van der Waals surface area contributed by atoms with Crippen LogP contribution in [0.4, 0.5) is 9.18 Å². The molecule has 0 aliphatic heterocycles. The number of carbonyl (C=O) groups is 4.